The Hall–Kier alpha value is -1.88. The van der Waals surface area contributed by atoms with Crippen molar-refractivity contribution in [1.82, 2.24) is 5.32 Å². The predicted molar refractivity (Wildman–Crippen MR) is 53.5 cm³/mol. The van der Waals surface area contributed by atoms with E-state index < -0.39 is 5.91 Å². The third-order valence-corrected chi connectivity index (χ3v) is 2.55. The normalized spacial score (nSPS) is 21.6. The van der Waals surface area contributed by atoms with E-state index in [9.17, 15) is 9.59 Å². The number of epoxide rings is 1. The standard InChI is InChI=1S/C11H9NO4/c13-10-7-2-1-3-8(9(7)11(14)12-10)16-5-6-4-15-6/h1-3,6H,4-5H2,(H,12,13,14). The van der Waals surface area contributed by atoms with Gasteiger partial charge in [-0.3, -0.25) is 14.9 Å². The van der Waals surface area contributed by atoms with Crippen molar-refractivity contribution in [3.63, 3.8) is 0 Å². The molecule has 0 radical (unpaired) electrons. The first-order valence-corrected chi connectivity index (χ1v) is 4.99. The fourth-order valence-corrected chi connectivity index (χ4v) is 1.65. The third kappa shape index (κ3) is 1.45. The molecule has 0 aliphatic carbocycles. The van der Waals surface area contributed by atoms with Crippen molar-refractivity contribution >= 4 is 11.8 Å². The Morgan fingerprint density at radius 2 is 2.19 bits per heavy atom. The fraction of sp³-hybridized carbons (Fsp3) is 0.273. The highest BCUT2D eigenvalue weighted by atomic mass is 16.6. The number of fused-ring (bicyclic) bond motifs is 1. The summed E-state index contributed by atoms with van der Waals surface area (Å²) in [6.07, 6.45) is 0.121. The van der Waals surface area contributed by atoms with E-state index in [1.165, 1.54) is 0 Å². The number of imide groups is 1. The number of hydrogen-bond donors (Lipinski definition) is 1. The molecule has 1 saturated heterocycles. The molecule has 2 heterocycles. The van der Waals surface area contributed by atoms with Gasteiger partial charge in [-0.1, -0.05) is 6.07 Å². The van der Waals surface area contributed by atoms with Crippen LogP contribution in [0.5, 0.6) is 5.75 Å². The SMILES string of the molecule is O=C1NC(=O)c2c(OCC3CO3)cccc21. The average Bonchev–Trinajstić information content (AvgIpc) is 3.04. The Labute approximate surface area is 91.3 Å². The van der Waals surface area contributed by atoms with Gasteiger partial charge in [-0.05, 0) is 12.1 Å². The summed E-state index contributed by atoms with van der Waals surface area (Å²) in [6, 6.07) is 4.98. The molecule has 1 aromatic carbocycles. The van der Waals surface area contributed by atoms with E-state index in [-0.39, 0.29) is 12.0 Å². The van der Waals surface area contributed by atoms with Crippen LogP contribution in [0, 0.1) is 0 Å². The number of rotatable bonds is 3. The van der Waals surface area contributed by atoms with E-state index in [2.05, 4.69) is 5.32 Å². The summed E-state index contributed by atoms with van der Waals surface area (Å²) < 4.78 is 10.5. The smallest absolute Gasteiger partial charge is 0.262 e. The van der Waals surface area contributed by atoms with Gasteiger partial charge in [-0.25, -0.2) is 0 Å². The summed E-state index contributed by atoms with van der Waals surface area (Å²) in [4.78, 5) is 22.9. The molecule has 2 amide bonds. The molecule has 2 aliphatic rings. The van der Waals surface area contributed by atoms with Crippen LogP contribution in [0.15, 0.2) is 18.2 Å². The molecule has 5 nitrogen and oxygen atoms in total. The molecule has 0 saturated carbocycles. The van der Waals surface area contributed by atoms with Crippen molar-refractivity contribution < 1.29 is 19.1 Å². The van der Waals surface area contributed by atoms with E-state index in [0.717, 1.165) is 0 Å². The number of amides is 2. The second-order valence-corrected chi connectivity index (χ2v) is 3.73. The van der Waals surface area contributed by atoms with Crippen molar-refractivity contribution in [1.29, 1.82) is 0 Å². The predicted octanol–water partition coefficient (Wildman–Crippen LogP) is 0.348. The lowest BCUT2D eigenvalue weighted by Crippen LogP contribution is -2.20. The number of carbonyl (C=O) groups excluding carboxylic acids is 2. The lowest BCUT2D eigenvalue weighted by Gasteiger charge is -2.06. The zero-order valence-corrected chi connectivity index (χ0v) is 8.36. The minimum absolute atomic E-state index is 0.121. The Morgan fingerprint density at radius 1 is 1.38 bits per heavy atom. The highest BCUT2D eigenvalue weighted by molar-refractivity contribution is 6.22. The van der Waals surface area contributed by atoms with E-state index >= 15 is 0 Å². The van der Waals surface area contributed by atoms with Crippen molar-refractivity contribution in [2.45, 2.75) is 6.10 Å². The molecule has 1 fully saturated rings. The van der Waals surface area contributed by atoms with Crippen LogP contribution in [0.3, 0.4) is 0 Å². The summed E-state index contributed by atoms with van der Waals surface area (Å²) in [6.45, 7) is 1.11. The summed E-state index contributed by atoms with van der Waals surface area (Å²) in [5, 5.41) is 2.24. The van der Waals surface area contributed by atoms with Crippen LogP contribution in [0.25, 0.3) is 0 Å². The molecule has 0 aromatic heterocycles. The second kappa shape index (κ2) is 3.31. The number of carbonyl (C=O) groups is 2. The van der Waals surface area contributed by atoms with Gasteiger partial charge in [0.15, 0.2) is 0 Å². The molecular weight excluding hydrogens is 210 g/mol. The Kier molecular flexibility index (Phi) is 1.94. The molecule has 0 bridgehead atoms. The van der Waals surface area contributed by atoms with Gasteiger partial charge in [0, 0.05) is 0 Å². The zero-order valence-electron chi connectivity index (χ0n) is 8.36. The highest BCUT2D eigenvalue weighted by Crippen LogP contribution is 2.27. The molecule has 3 rings (SSSR count). The van der Waals surface area contributed by atoms with E-state index in [1.807, 2.05) is 0 Å². The Balaban J connectivity index is 1.92. The molecule has 1 unspecified atom stereocenters. The number of benzene rings is 1. The lowest BCUT2D eigenvalue weighted by atomic mass is 10.1. The second-order valence-electron chi connectivity index (χ2n) is 3.73. The van der Waals surface area contributed by atoms with E-state index in [1.54, 1.807) is 18.2 Å². The number of nitrogens with one attached hydrogen (secondary N) is 1. The molecule has 5 heteroatoms. The molecular formula is C11H9NO4. The van der Waals surface area contributed by atoms with Crippen LogP contribution in [-0.2, 0) is 4.74 Å². The van der Waals surface area contributed by atoms with Crippen molar-refractivity contribution in [2.75, 3.05) is 13.2 Å². The first-order chi connectivity index (χ1) is 7.75. The lowest BCUT2D eigenvalue weighted by molar-refractivity contribution is 0.0878. The Bertz CT molecular complexity index is 479. The van der Waals surface area contributed by atoms with Gasteiger partial charge in [0.05, 0.1) is 17.7 Å². The average molecular weight is 219 g/mol. The maximum Gasteiger partial charge on any atom is 0.262 e. The molecule has 0 spiro atoms. The monoisotopic (exact) mass is 219 g/mol. The summed E-state index contributed by atoms with van der Waals surface area (Å²) in [5.74, 6) is -0.322. The molecule has 82 valence electrons. The highest BCUT2D eigenvalue weighted by Gasteiger charge is 2.31. The van der Waals surface area contributed by atoms with Gasteiger partial charge < -0.3 is 9.47 Å². The van der Waals surface area contributed by atoms with Gasteiger partial charge in [0.2, 0.25) is 0 Å². The first kappa shape index (κ1) is 9.35. The topological polar surface area (TPSA) is 67.9 Å². The van der Waals surface area contributed by atoms with Crippen LogP contribution in [0.2, 0.25) is 0 Å². The van der Waals surface area contributed by atoms with E-state index in [4.69, 9.17) is 9.47 Å². The summed E-state index contributed by atoms with van der Waals surface area (Å²) in [7, 11) is 0. The Morgan fingerprint density at radius 3 is 2.94 bits per heavy atom. The maximum absolute atomic E-state index is 11.5. The van der Waals surface area contributed by atoms with E-state index in [0.29, 0.717) is 30.1 Å². The summed E-state index contributed by atoms with van der Waals surface area (Å²) in [5.41, 5.74) is 0.701. The van der Waals surface area contributed by atoms with Gasteiger partial charge in [-0.15, -0.1) is 0 Å². The van der Waals surface area contributed by atoms with Gasteiger partial charge in [0.25, 0.3) is 11.8 Å². The molecule has 16 heavy (non-hydrogen) atoms. The minimum Gasteiger partial charge on any atom is -0.490 e. The largest absolute Gasteiger partial charge is 0.490 e. The number of ether oxygens (including phenoxy) is 2. The fourth-order valence-electron chi connectivity index (χ4n) is 1.65. The number of hydrogen-bond acceptors (Lipinski definition) is 4. The minimum atomic E-state index is -0.396. The molecule has 1 N–H and O–H groups in total. The van der Waals surface area contributed by atoms with Crippen LogP contribution in [-0.4, -0.2) is 31.1 Å². The van der Waals surface area contributed by atoms with Gasteiger partial charge >= 0.3 is 0 Å². The third-order valence-electron chi connectivity index (χ3n) is 2.55. The van der Waals surface area contributed by atoms with Crippen molar-refractivity contribution in [2.24, 2.45) is 0 Å². The van der Waals surface area contributed by atoms with Crippen LogP contribution in [0.4, 0.5) is 0 Å². The van der Waals surface area contributed by atoms with Crippen LogP contribution in [0.1, 0.15) is 20.7 Å². The summed E-state index contributed by atoms with van der Waals surface area (Å²) >= 11 is 0. The zero-order chi connectivity index (χ0) is 11.1. The van der Waals surface area contributed by atoms with Crippen LogP contribution >= 0.6 is 0 Å². The maximum atomic E-state index is 11.5. The van der Waals surface area contributed by atoms with Gasteiger partial charge in [-0.2, -0.15) is 0 Å². The molecule has 2 aliphatic heterocycles. The van der Waals surface area contributed by atoms with Crippen molar-refractivity contribution in [3.05, 3.63) is 29.3 Å². The molecule has 1 aromatic rings. The quantitative estimate of drug-likeness (QED) is 0.588. The van der Waals surface area contributed by atoms with Crippen molar-refractivity contribution in [3.8, 4) is 5.75 Å². The van der Waals surface area contributed by atoms with Crippen LogP contribution < -0.4 is 10.1 Å². The van der Waals surface area contributed by atoms with Gasteiger partial charge in [0.1, 0.15) is 18.5 Å². The molecule has 1 atom stereocenters. The first-order valence-electron chi connectivity index (χ1n) is 4.99.